The third-order valence-corrected chi connectivity index (χ3v) is 7.24. The van der Waals surface area contributed by atoms with Crippen molar-refractivity contribution in [3.8, 4) is 5.88 Å². The van der Waals surface area contributed by atoms with E-state index < -0.39 is 5.97 Å². The first-order valence-electron chi connectivity index (χ1n) is 13.2. The van der Waals surface area contributed by atoms with Crippen LogP contribution in [0.15, 0.2) is 71.7 Å². The number of fused-ring (bicyclic) bond motifs is 1. The maximum Gasteiger partial charge on any atom is 0.338 e. The number of carbonyl (C=O) groups is 2. The number of hydrogen-bond acceptors (Lipinski definition) is 7. The normalized spacial score (nSPS) is 14.5. The fraction of sp³-hybridized carbons (Fsp3) is 0.258. The molecule has 0 spiro atoms. The smallest absolute Gasteiger partial charge is 0.338 e. The number of carbonyl (C=O) groups excluding carboxylic acids is 2. The van der Waals surface area contributed by atoms with E-state index in [9.17, 15) is 14.7 Å². The summed E-state index contributed by atoms with van der Waals surface area (Å²) in [5, 5.41) is 20.9. The highest BCUT2D eigenvalue weighted by molar-refractivity contribution is 6.22. The molecule has 1 amide bonds. The van der Waals surface area contributed by atoms with Gasteiger partial charge >= 0.3 is 5.97 Å². The van der Waals surface area contributed by atoms with Crippen LogP contribution in [0.5, 0.6) is 5.88 Å². The quantitative estimate of drug-likeness (QED) is 0.242. The van der Waals surface area contributed by atoms with Crippen molar-refractivity contribution in [3.05, 3.63) is 94.5 Å². The van der Waals surface area contributed by atoms with Crippen molar-refractivity contribution >= 4 is 34.2 Å². The summed E-state index contributed by atoms with van der Waals surface area (Å²) in [6, 6.07) is 20.2. The lowest BCUT2D eigenvalue weighted by atomic mass is 9.98. The number of piperazine rings is 1. The molecule has 1 fully saturated rings. The van der Waals surface area contributed by atoms with Gasteiger partial charge < -0.3 is 24.8 Å². The highest BCUT2D eigenvalue weighted by Gasteiger charge is 2.23. The van der Waals surface area contributed by atoms with Gasteiger partial charge in [-0.25, -0.2) is 9.79 Å². The van der Waals surface area contributed by atoms with Gasteiger partial charge in [0.05, 0.1) is 36.2 Å². The predicted molar refractivity (Wildman–Crippen MR) is 154 cm³/mol. The van der Waals surface area contributed by atoms with Crippen molar-refractivity contribution in [2.24, 2.45) is 4.99 Å². The van der Waals surface area contributed by atoms with Gasteiger partial charge in [0.15, 0.2) is 5.88 Å². The molecule has 0 radical (unpaired) electrons. The topological polar surface area (TPSA) is 118 Å². The number of aromatic hydroxyl groups is 1. The van der Waals surface area contributed by atoms with Crippen LogP contribution < -0.4 is 0 Å². The average Bonchev–Trinajstić information content (AvgIpc) is 3.30. The molecule has 40 heavy (non-hydrogen) atoms. The second kappa shape index (κ2) is 11.7. The fourth-order valence-corrected chi connectivity index (χ4v) is 5.07. The molecule has 206 valence electrons. The second-order valence-corrected chi connectivity index (χ2v) is 9.78. The number of nitrogens with one attached hydrogen (secondary N) is 1. The van der Waals surface area contributed by atoms with Crippen molar-refractivity contribution < 1.29 is 24.5 Å². The van der Waals surface area contributed by atoms with E-state index in [4.69, 9.17) is 14.8 Å². The number of aromatic amines is 1. The number of aromatic nitrogens is 1. The van der Waals surface area contributed by atoms with Gasteiger partial charge in [0.2, 0.25) is 0 Å². The number of nitrogens with zero attached hydrogens (tertiary/aromatic N) is 3. The lowest BCUT2D eigenvalue weighted by Gasteiger charge is -2.34. The number of esters is 1. The van der Waals surface area contributed by atoms with E-state index in [1.165, 1.54) is 7.11 Å². The van der Waals surface area contributed by atoms with Crippen LogP contribution in [0.3, 0.4) is 0 Å². The predicted octanol–water partition coefficient (Wildman–Crippen LogP) is 3.89. The zero-order chi connectivity index (χ0) is 28.2. The number of aliphatic imine (C=N–C) groups is 1. The second-order valence-electron chi connectivity index (χ2n) is 9.78. The lowest BCUT2D eigenvalue weighted by molar-refractivity contribution is 0.0596. The molecular weight excluding hydrogens is 508 g/mol. The van der Waals surface area contributed by atoms with Crippen LogP contribution in [0.4, 0.5) is 5.69 Å². The number of aryl methyl sites for hydroxylation is 1. The zero-order valence-electron chi connectivity index (χ0n) is 22.6. The summed E-state index contributed by atoms with van der Waals surface area (Å²) in [5.74, 6) is -0.548. The number of ether oxygens (including phenoxy) is 1. The Kier molecular flexibility index (Phi) is 7.95. The molecule has 1 aliphatic rings. The summed E-state index contributed by atoms with van der Waals surface area (Å²) in [6.45, 7) is 5.28. The molecule has 3 aromatic carbocycles. The Hall–Kier alpha value is -4.47. The molecule has 4 aromatic rings. The molecule has 5 rings (SSSR count). The first-order chi connectivity index (χ1) is 19.4. The van der Waals surface area contributed by atoms with Crippen LogP contribution in [0.25, 0.3) is 10.9 Å². The van der Waals surface area contributed by atoms with Crippen LogP contribution in [0, 0.1) is 6.92 Å². The number of β-amino-alcohol motifs (C(OH)–C–C–N with tert-alkyl or cyclic N) is 1. The molecule has 1 aromatic heterocycles. The van der Waals surface area contributed by atoms with Gasteiger partial charge in [0.25, 0.3) is 5.91 Å². The molecule has 1 saturated heterocycles. The summed E-state index contributed by atoms with van der Waals surface area (Å²) in [7, 11) is 1.34. The van der Waals surface area contributed by atoms with Crippen LogP contribution in [-0.2, 0) is 4.74 Å². The molecule has 0 bridgehead atoms. The first-order valence-corrected chi connectivity index (χ1v) is 13.2. The Morgan fingerprint density at radius 1 is 0.975 bits per heavy atom. The Balaban J connectivity index is 1.49. The van der Waals surface area contributed by atoms with Crippen LogP contribution in [0.1, 0.15) is 37.4 Å². The van der Waals surface area contributed by atoms with Crippen LogP contribution >= 0.6 is 0 Å². The summed E-state index contributed by atoms with van der Waals surface area (Å²) in [5.41, 5.74) is 4.78. The fourth-order valence-electron chi connectivity index (χ4n) is 5.07. The van der Waals surface area contributed by atoms with E-state index in [1.54, 1.807) is 30.3 Å². The molecule has 1 aliphatic heterocycles. The monoisotopic (exact) mass is 540 g/mol. The number of aliphatic hydroxyl groups is 1. The van der Waals surface area contributed by atoms with Gasteiger partial charge in [-0.15, -0.1) is 0 Å². The number of amides is 1. The van der Waals surface area contributed by atoms with Gasteiger partial charge in [0, 0.05) is 54.8 Å². The van der Waals surface area contributed by atoms with Crippen molar-refractivity contribution in [1.82, 2.24) is 14.8 Å². The number of benzene rings is 3. The lowest BCUT2D eigenvalue weighted by Crippen LogP contribution is -2.49. The maximum atomic E-state index is 13.1. The molecule has 9 heteroatoms. The van der Waals surface area contributed by atoms with E-state index in [0.29, 0.717) is 58.8 Å². The van der Waals surface area contributed by atoms with Gasteiger partial charge in [-0.3, -0.25) is 9.69 Å². The Morgan fingerprint density at radius 2 is 1.68 bits per heavy atom. The minimum Gasteiger partial charge on any atom is -0.494 e. The van der Waals surface area contributed by atoms with Gasteiger partial charge in [0.1, 0.15) is 0 Å². The van der Waals surface area contributed by atoms with Crippen LogP contribution in [0.2, 0.25) is 0 Å². The molecule has 3 N–H and O–H groups in total. The maximum absolute atomic E-state index is 13.1. The van der Waals surface area contributed by atoms with E-state index >= 15 is 0 Å². The van der Waals surface area contributed by atoms with E-state index in [-0.39, 0.29) is 18.4 Å². The highest BCUT2D eigenvalue weighted by atomic mass is 16.5. The van der Waals surface area contributed by atoms with Crippen molar-refractivity contribution in [3.63, 3.8) is 0 Å². The standard InChI is InChI=1S/C31H32N4O5/c1-20-18-25-26(19-24(20)31(39)40-2)33-29(37)27(25)28(21-6-4-3-5-7-21)32-23-10-8-22(9-11-23)30(38)35-14-12-34(13-15-35)16-17-36/h3-11,18-19,33,36-37H,12-17H2,1-2H3. The van der Waals surface area contributed by atoms with Gasteiger partial charge in [-0.2, -0.15) is 0 Å². The summed E-state index contributed by atoms with van der Waals surface area (Å²) in [6.07, 6.45) is 0. The molecule has 0 aliphatic carbocycles. The summed E-state index contributed by atoms with van der Waals surface area (Å²) < 4.78 is 4.90. The molecule has 9 nitrogen and oxygen atoms in total. The van der Waals surface area contributed by atoms with Crippen molar-refractivity contribution in [2.75, 3.05) is 46.4 Å². The van der Waals surface area contributed by atoms with Crippen molar-refractivity contribution in [1.29, 1.82) is 0 Å². The van der Waals surface area contributed by atoms with E-state index in [1.807, 2.05) is 48.2 Å². The molecule has 0 atom stereocenters. The molecule has 0 unspecified atom stereocenters. The molecule has 2 heterocycles. The SMILES string of the molecule is COC(=O)c1cc2[nH]c(O)c(C(=Nc3ccc(C(=O)N4CCN(CCO)CC4)cc3)c3ccccc3)c2cc1C. The van der Waals surface area contributed by atoms with Gasteiger partial charge in [-0.05, 0) is 48.9 Å². The molecular formula is C31H32N4O5. The zero-order valence-corrected chi connectivity index (χ0v) is 22.6. The number of aliphatic hydroxyl groups excluding tert-OH is 1. The number of hydrogen-bond donors (Lipinski definition) is 3. The van der Waals surface area contributed by atoms with E-state index in [2.05, 4.69) is 9.88 Å². The number of H-pyrrole nitrogens is 1. The Morgan fingerprint density at radius 3 is 2.33 bits per heavy atom. The number of methoxy groups -OCH3 is 1. The minimum atomic E-state index is -0.450. The average molecular weight is 541 g/mol. The third kappa shape index (κ3) is 5.47. The van der Waals surface area contributed by atoms with Gasteiger partial charge in [-0.1, -0.05) is 30.3 Å². The Bertz CT molecular complexity index is 1550. The van der Waals surface area contributed by atoms with Crippen molar-refractivity contribution in [2.45, 2.75) is 6.92 Å². The Labute approximate surface area is 232 Å². The van der Waals surface area contributed by atoms with Crippen LogP contribution in [-0.4, -0.2) is 89.0 Å². The first kappa shape index (κ1) is 27.1. The van der Waals surface area contributed by atoms with E-state index in [0.717, 1.165) is 24.0 Å². The minimum absolute atomic E-state index is 0.0337. The summed E-state index contributed by atoms with van der Waals surface area (Å²) in [4.78, 5) is 37.2. The summed E-state index contributed by atoms with van der Waals surface area (Å²) >= 11 is 0. The number of rotatable bonds is 7. The largest absolute Gasteiger partial charge is 0.494 e. The molecule has 0 saturated carbocycles. The highest BCUT2D eigenvalue weighted by Crippen LogP contribution is 2.33. The third-order valence-electron chi connectivity index (χ3n) is 7.24.